The lowest BCUT2D eigenvalue weighted by Crippen LogP contribution is -2.46. The van der Waals surface area contributed by atoms with Crippen molar-refractivity contribution in [3.05, 3.63) is 30.3 Å². The highest BCUT2D eigenvalue weighted by Crippen LogP contribution is 2.26. The van der Waals surface area contributed by atoms with E-state index in [9.17, 15) is 9.59 Å². The smallest absolute Gasteiger partial charge is 0.318 e. The average Bonchev–Trinajstić information content (AvgIpc) is 2.38. The number of primary amides is 1. The molecule has 0 radical (unpaired) electrons. The Balaban J connectivity index is 0.000000388. The van der Waals surface area contributed by atoms with Crippen LogP contribution in [0.15, 0.2) is 30.3 Å². The Bertz CT molecular complexity index is 406. The molecule has 3 amide bonds. The van der Waals surface area contributed by atoms with E-state index < -0.39 is 10.4 Å². The van der Waals surface area contributed by atoms with Gasteiger partial charge in [-0.1, -0.05) is 48.0 Å². The molecule has 0 saturated heterocycles. The number of benzene rings is 1. The minimum atomic E-state index is -0.814. The number of para-hydroxylation sites is 1. The Kier molecular flexibility index (Phi) is 7.83. The largest absolute Gasteiger partial charge is 0.508 e. The quantitative estimate of drug-likeness (QED) is 0.743. The van der Waals surface area contributed by atoms with E-state index in [-0.39, 0.29) is 5.91 Å². The van der Waals surface area contributed by atoms with Crippen LogP contribution in [0.2, 0.25) is 0 Å². The number of halogens is 1. The standard InChI is InChI=1S/C7H13BrN2O2.C6H6O/c1-3-7(8,4-2)5(11)10-6(9)12;7-6-4-2-1-3-5-6/h3-4H2,1-2H3,(H3,9,10,11,12);1-5,7H. The van der Waals surface area contributed by atoms with Crippen molar-refractivity contribution in [1.82, 2.24) is 5.32 Å². The first-order valence-corrected chi connectivity index (χ1v) is 6.68. The number of phenols is 1. The van der Waals surface area contributed by atoms with Gasteiger partial charge in [0.15, 0.2) is 0 Å². The predicted octanol–water partition coefficient (Wildman–Crippen LogP) is 2.53. The Morgan fingerprint density at radius 2 is 1.74 bits per heavy atom. The lowest BCUT2D eigenvalue weighted by atomic mass is 10.0. The first-order chi connectivity index (χ1) is 8.85. The van der Waals surface area contributed by atoms with Gasteiger partial charge in [0, 0.05) is 0 Å². The Hall–Kier alpha value is -1.56. The number of carbonyl (C=O) groups excluding carboxylic acids is 2. The minimum absolute atomic E-state index is 0.322. The van der Waals surface area contributed by atoms with E-state index in [2.05, 4.69) is 15.9 Å². The maximum absolute atomic E-state index is 11.3. The van der Waals surface area contributed by atoms with Crippen LogP contribution in [0.5, 0.6) is 5.75 Å². The summed E-state index contributed by atoms with van der Waals surface area (Å²) >= 11 is 3.26. The normalized spacial score (nSPS) is 10.1. The van der Waals surface area contributed by atoms with Crippen LogP contribution >= 0.6 is 15.9 Å². The molecule has 1 rings (SSSR count). The molecule has 0 heterocycles. The van der Waals surface area contributed by atoms with Crippen LogP contribution in [-0.2, 0) is 4.79 Å². The predicted molar refractivity (Wildman–Crippen MR) is 78.1 cm³/mol. The summed E-state index contributed by atoms with van der Waals surface area (Å²) in [4.78, 5) is 21.6. The van der Waals surface area contributed by atoms with Gasteiger partial charge in [-0.25, -0.2) is 4.79 Å². The average molecular weight is 331 g/mol. The van der Waals surface area contributed by atoms with Crippen LogP contribution in [0.4, 0.5) is 4.79 Å². The van der Waals surface area contributed by atoms with Gasteiger partial charge >= 0.3 is 6.03 Å². The third kappa shape index (κ3) is 6.81. The fourth-order valence-electron chi connectivity index (χ4n) is 1.22. The summed E-state index contributed by atoms with van der Waals surface area (Å²) in [6, 6.07) is 7.90. The molecule has 0 spiro atoms. The zero-order valence-corrected chi connectivity index (χ0v) is 12.6. The SMILES string of the molecule is CCC(Br)(CC)C(=O)NC(N)=O.Oc1ccccc1. The third-order valence-electron chi connectivity index (χ3n) is 2.52. The molecule has 19 heavy (non-hydrogen) atoms. The van der Waals surface area contributed by atoms with Gasteiger partial charge in [-0.15, -0.1) is 0 Å². The number of phenolic OH excluding ortho intramolecular Hbond substituents is 1. The molecule has 0 unspecified atom stereocenters. The van der Waals surface area contributed by atoms with Crippen molar-refractivity contribution in [1.29, 1.82) is 0 Å². The van der Waals surface area contributed by atoms with Gasteiger partial charge in [0.05, 0.1) is 0 Å². The molecule has 0 bridgehead atoms. The van der Waals surface area contributed by atoms with Gasteiger partial charge in [0.1, 0.15) is 10.1 Å². The molecule has 106 valence electrons. The van der Waals surface area contributed by atoms with Crippen molar-refractivity contribution in [2.45, 2.75) is 31.0 Å². The number of aromatic hydroxyl groups is 1. The molecule has 1 aromatic carbocycles. The maximum atomic E-state index is 11.3. The number of hydrogen-bond acceptors (Lipinski definition) is 3. The lowest BCUT2D eigenvalue weighted by molar-refractivity contribution is -0.122. The fraction of sp³-hybridized carbons (Fsp3) is 0.385. The van der Waals surface area contributed by atoms with Crippen LogP contribution in [0.3, 0.4) is 0 Å². The number of rotatable bonds is 3. The van der Waals surface area contributed by atoms with Crippen molar-refractivity contribution in [2.24, 2.45) is 5.73 Å². The number of nitrogens with two attached hydrogens (primary N) is 1. The number of amides is 3. The summed E-state index contributed by atoms with van der Waals surface area (Å²) in [7, 11) is 0. The minimum Gasteiger partial charge on any atom is -0.508 e. The molecule has 0 atom stereocenters. The highest BCUT2D eigenvalue weighted by molar-refractivity contribution is 9.10. The maximum Gasteiger partial charge on any atom is 0.318 e. The van der Waals surface area contributed by atoms with E-state index in [4.69, 9.17) is 10.8 Å². The second-order valence-electron chi connectivity index (χ2n) is 3.83. The van der Waals surface area contributed by atoms with Crippen molar-refractivity contribution in [3.63, 3.8) is 0 Å². The zero-order chi connectivity index (χ0) is 14.9. The van der Waals surface area contributed by atoms with Crippen LogP contribution < -0.4 is 11.1 Å². The number of urea groups is 1. The summed E-state index contributed by atoms with van der Waals surface area (Å²) < 4.78 is -0.665. The molecule has 0 aliphatic carbocycles. The third-order valence-corrected chi connectivity index (χ3v) is 4.00. The van der Waals surface area contributed by atoms with Gasteiger partial charge < -0.3 is 10.8 Å². The van der Waals surface area contributed by atoms with E-state index in [0.29, 0.717) is 18.6 Å². The molecule has 4 N–H and O–H groups in total. The summed E-state index contributed by atoms with van der Waals surface area (Å²) in [6.07, 6.45) is 1.23. The van der Waals surface area contributed by atoms with Crippen molar-refractivity contribution < 1.29 is 14.7 Å². The monoisotopic (exact) mass is 330 g/mol. The first kappa shape index (κ1) is 17.4. The lowest BCUT2D eigenvalue weighted by Gasteiger charge is -2.21. The molecule has 0 saturated carbocycles. The number of alkyl halides is 1. The van der Waals surface area contributed by atoms with Crippen molar-refractivity contribution in [2.75, 3.05) is 0 Å². The molecule has 0 aromatic heterocycles. The topological polar surface area (TPSA) is 92.4 Å². The van der Waals surface area contributed by atoms with Crippen LogP contribution in [-0.4, -0.2) is 21.4 Å². The highest BCUT2D eigenvalue weighted by Gasteiger charge is 2.32. The van der Waals surface area contributed by atoms with E-state index in [1.54, 1.807) is 24.3 Å². The fourth-order valence-corrected chi connectivity index (χ4v) is 1.32. The molecular formula is C13H19BrN2O3. The van der Waals surface area contributed by atoms with Crippen LogP contribution in [0.25, 0.3) is 0 Å². The summed E-state index contributed by atoms with van der Waals surface area (Å²) in [5.74, 6) is -0.0532. The molecular weight excluding hydrogens is 312 g/mol. The number of nitrogens with one attached hydrogen (secondary N) is 1. The van der Waals surface area contributed by atoms with E-state index in [0.717, 1.165) is 0 Å². The second kappa shape index (κ2) is 8.53. The molecule has 5 nitrogen and oxygen atoms in total. The van der Waals surface area contributed by atoms with Crippen molar-refractivity contribution in [3.8, 4) is 5.75 Å². The van der Waals surface area contributed by atoms with Crippen molar-refractivity contribution >= 4 is 27.9 Å². The summed E-state index contributed by atoms with van der Waals surface area (Å²) in [6.45, 7) is 3.72. The van der Waals surface area contributed by atoms with Crippen LogP contribution in [0.1, 0.15) is 26.7 Å². The molecule has 1 aromatic rings. The first-order valence-electron chi connectivity index (χ1n) is 5.89. The summed E-state index contributed by atoms with van der Waals surface area (Å²) in [5.41, 5.74) is 4.81. The molecule has 6 heteroatoms. The highest BCUT2D eigenvalue weighted by atomic mass is 79.9. The second-order valence-corrected chi connectivity index (χ2v) is 5.34. The Labute approximate surface area is 121 Å². The summed E-state index contributed by atoms with van der Waals surface area (Å²) in [5, 5.41) is 10.7. The number of hydrogen-bond donors (Lipinski definition) is 3. The van der Waals surface area contributed by atoms with Gasteiger partial charge in [-0.05, 0) is 25.0 Å². The van der Waals surface area contributed by atoms with Gasteiger partial charge in [0.2, 0.25) is 5.91 Å². The van der Waals surface area contributed by atoms with E-state index in [1.165, 1.54) is 0 Å². The Morgan fingerprint density at radius 3 is 2.00 bits per heavy atom. The molecule has 0 fully saturated rings. The van der Waals surface area contributed by atoms with Gasteiger partial charge in [-0.3, -0.25) is 10.1 Å². The number of carbonyl (C=O) groups is 2. The van der Waals surface area contributed by atoms with E-state index in [1.807, 2.05) is 25.2 Å². The van der Waals surface area contributed by atoms with Gasteiger partial charge in [0.25, 0.3) is 0 Å². The van der Waals surface area contributed by atoms with Crippen LogP contribution in [0, 0.1) is 0 Å². The molecule has 0 aliphatic heterocycles. The zero-order valence-electron chi connectivity index (χ0n) is 11.0. The molecule has 0 aliphatic rings. The van der Waals surface area contributed by atoms with E-state index >= 15 is 0 Å². The Morgan fingerprint density at radius 1 is 1.26 bits per heavy atom. The van der Waals surface area contributed by atoms with Gasteiger partial charge in [-0.2, -0.15) is 0 Å². The number of imide groups is 1.